The maximum atomic E-state index is 13.4. The molecule has 0 spiro atoms. The van der Waals surface area contributed by atoms with Crippen molar-refractivity contribution in [2.75, 3.05) is 13.2 Å². The minimum Gasteiger partial charge on any atom is -0.458 e. The van der Waals surface area contributed by atoms with Crippen molar-refractivity contribution in [3.8, 4) is 0 Å². The summed E-state index contributed by atoms with van der Waals surface area (Å²) in [6.45, 7) is 5.14. The first-order chi connectivity index (χ1) is 19.1. The van der Waals surface area contributed by atoms with Gasteiger partial charge in [0.05, 0.1) is 12.7 Å². The van der Waals surface area contributed by atoms with Crippen LogP contribution in [0.1, 0.15) is 84.5 Å². The SMILES string of the molecule is C[C@]12CCC(=O)C=C1CC[C@@H]1[C@H]2CC[C@@]2(C)[C@@H]1CC[C@]2(O)C(=O)COC(=O)CCC(=O)NCCCn1ccnc1. The number of carbonyl (C=O) groups is 4. The summed E-state index contributed by atoms with van der Waals surface area (Å²) in [4.78, 5) is 53.8. The molecule has 4 aliphatic rings. The molecule has 0 saturated heterocycles. The lowest BCUT2D eigenvalue weighted by atomic mass is 9.46. The molecule has 0 aromatic carbocycles. The van der Waals surface area contributed by atoms with Crippen molar-refractivity contribution >= 4 is 23.4 Å². The summed E-state index contributed by atoms with van der Waals surface area (Å²) in [6, 6.07) is 0. The molecule has 0 aliphatic heterocycles. The molecule has 1 amide bonds. The van der Waals surface area contributed by atoms with E-state index >= 15 is 0 Å². The molecule has 6 atom stereocenters. The quantitative estimate of drug-likeness (QED) is 0.335. The first kappa shape index (κ1) is 28.7. The molecule has 0 bridgehead atoms. The van der Waals surface area contributed by atoms with Crippen LogP contribution in [0.2, 0.25) is 0 Å². The Hall–Kier alpha value is -2.81. The number of amides is 1. The average Bonchev–Trinajstić information content (AvgIpc) is 3.55. The summed E-state index contributed by atoms with van der Waals surface area (Å²) in [5.74, 6) is 0.0628. The third kappa shape index (κ3) is 5.17. The second-order valence-electron chi connectivity index (χ2n) is 12.9. The Balaban J connectivity index is 1.10. The fourth-order valence-electron chi connectivity index (χ4n) is 8.58. The number of imidazole rings is 1. The first-order valence-electron chi connectivity index (χ1n) is 14.9. The molecule has 3 saturated carbocycles. The Morgan fingerprint density at radius 2 is 1.90 bits per heavy atom. The van der Waals surface area contributed by atoms with Crippen LogP contribution in [0.15, 0.2) is 30.4 Å². The normalized spacial score (nSPS) is 34.7. The number of Topliss-reactive ketones (excluding diaryl/α,β-unsaturated/α-hetero) is 1. The fraction of sp³-hybridized carbons (Fsp3) is 0.710. The van der Waals surface area contributed by atoms with Crippen molar-refractivity contribution < 1.29 is 29.0 Å². The molecular formula is C31H43N3O6. The number of carbonyl (C=O) groups excluding carboxylic acids is 4. The van der Waals surface area contributed by atoms with E-state index in [-0.39, 0.29) is 35.9 Å². The minimum atomic E-state index is -1.52. The number of esters is 1. The van der Waals surface area contributed by atoms with Crippen molar-refractivity contribution in [2.24, 2.45) is 28.6 Å². The zero-order valence-electron chi connectivity index (χ0n) is 23.8. The smallest absolute Gasteiger partial charge is 0.306 e. The van der Waals surface area contributed by atoms with Crippen LogP contribution in [0.4, 0.5) is 0 Å². The maximum Gasteiger partial charge on any atom is 0.306 e. The summed E-state index contributed by atoms with van der Waals surface area (Å²) in [5.41, 5.74) is -0.746. The van der Waals surface area contributed by atoms with E-state index in [1.807, 2.05) is 16.8 Å². The lowest BCUT2D eigenvalue weighted by Gasteiger charge is -2.58. The monoisotopic (exact) mass is 553 g/mol. The van der Waals surface area contributed by atoms with Crippen LogP contribution in [-0.2, 0) is 30.5 Å². The number of ketones is 2. The number of allylic oxidation sites excluding steroid dienone is 1. The highest BCUT2D eigenvalue weighted by Gasteiger charge is 2.66. The van der Waals surface area contributed by atoms with E-state index in [0.29, 0.717) is 31.2 Å². The topological polar surface area (TPSA) is 128 Å². The zero-order valence-corrected chi connectivity index (χ0v) is 23.8. The van der Waals surface area contributed by atoms with Gasteiger partial charge in [-0.15, -0.1) is 0 Å². The van der Waals surface area contributed by atoms with Crippen LogP contribution in [-0.4, -0.2) is 56.9 Å². The number of nitrogens with zero attached hydrogens (tertiary/aromatic N) is 2. The van der Waals surface area contributed by atoms with Crippen molar-refractivity contribution in [1.82, 2.24) is 14.9 Å². The highest BCUT2D eigenvalue weighted by atomic mass is 16.5. The number of hydrogen-bond donors (Lipinski definition) is 2. The molecule has 1 heterocycles. The lowest BCUT2D eigenvalue weighted by Crippen LogP contribution is -2.58. The number of fused-ring (bicyclic) bond motifs is 5. The maximum absolute atomic E-state index is 13.4. The molecule has 2 N–H and O–H groups in total. The number of aliphatic hydroxyl groups is 1. The van der Waals surface area contributed by atoms with Crippen LogP contribution in [0.25, 0.3) is 0 Å². The highest BCUT2D eigenvalue weighted by molar-refractivity contribution is 5.92. The van der Waals surface area contributed by atoms with E-state index < -0.39 is 29.4 Å². The fourth-order valence-corrected chi connectivity index (χ4v) is 8.58. The van der Waals surface area contributed by atoms with Gasteiger partial charge in [0, 0.05) is 43.7 Å². The van der Waals surface area contributed by atoms with Crippen LogP contribution >= 0.6 is 0 Å². The molecule has 9 nitrogen and oxygen atoms in total. The van der Waals surface area contributed by atoms with Gasteiger partial charge < -0.3 is 19.7 Å². The van der Waals surface area contributed by atoms with Crippen LogP contribution in [0.3, 0.4) is 0 Å². The van der Waals surface area contributed by atoms with Gasteiger partial charge in [-0.05, 0) is 80.6 Å². The standard InChI is InChI=1S/C31H43N3O6/c1-29-11-8-22(35)18-21(29)4-5-23-24(29)9-12-30(2)25(23)10-13-31(30,39)26(36)19-40-28(38)7-6-27(37)33-14-3-16-34-17-15-32-20-34/h15,17-18,20,23-25,39H,3-14,16,19H2,1-2H3,(H,33,37)/t23-,24-,25-,29+,30+,31+/m1/s1. The Kier molecular flexibility index (Phi) is 8.06. The second-order valence-corrected chi connectivity index (χ2v) is 12.9. The van der Waals surface area contributed by atoms with Gasteiger partial charge in [-0.1, -0.05) is 19.4 Å². The van der Waals surface area contributed by atoms with Gasteiger partial charge in [-0.3, -0.25) is 19.2 Å². The van der Waals surface area contributed by atoms with Crippen LogP contribution in [0, 0.1) is 28.6 Å². The van der Waals surface area contributed by atoms with Gasteiger partial charge >= 0.3 is 5.97 Å². The second kappa shape index (κ2) is 11.2. The molecule has 1 aromatic rings. The zero-order chi connectivity index (χ0) is 28.5. The average molecular weight is 554 g/mol. The third-order valence-corrected chi connectivity index (χ3v) is 11.0. The summed E-state index contributed by atoms with van der Waals surface area (Å²) in [5, 5.41) is 14.6. The number of aromatic nitrogens is 2. The van der Waals surface area contributed by atoms with Crippen LogP contribution < -0.4 is 5.32 Å². The number of hydrogen-bond acceptors (Lipinski definition) is 7. The van der Waals surface area contributed by atoms with E-state index in [4.69, 9.17) is 4.74 Å². The minimum absolute atomic E-state index is 0.00791. The summed E-state index contributed by atoms with van der Waals surface area (Å²) in [6.07, 6.45) is 14.0. The molecule has 0 radical (unpaired) electrons. The Bertz CT molecular complexity index is 1180. The van der Waals surface area contributed by atoms with E-state index in [1.165, 1.54) is 5.57 Å². The molecule has 5 rings (SSSR count). The molecule has 40 heavy (non-hydrogen) atoms. The Labute approximate surface area is 236 Å². The lowest BCUT2D eigenvalue weighted by molar-refractivity contribution is -0.170. The molecule has 1 aromatic heterocycles. The Morgan fingerprint density at radius 1 is 1.10 bits per heavy atom. The molecular weight excluding hydrogens is 510 g/mol. The highest BCUT2D eigenvalue weighted by Crippen LogP contribution is 2.67. The van der Waals surface area contributed by atoms with Crippen molar-refractivity contribution in [2.45, 2.75) is 96.6 Å². The van der Waals surface area contributed by atoms with Crippen LogP contribution in [0.5, 0.6) is 0 Å². The molecule has 3 fully saturated rings. The third-order valence-electron chi connectivity index (χ3n) is 11.0. The Morgan fingerprint density at radius 3 is 2.67 bits per heavy atom. The van der Waals surface area contributed by atoms with Crippen molar-refractivity contribution in [3.05, 3.63) is 30.4 Å². The van der Waals surface area contributed by atoms with Gasteiger partial charge in [0.15, 0.2) is 12.4 Å². The van der Waals surface area contributed by atoms with Crippen molar-refractivity contribution in [1.29, 1.82) is 0 Å². The summed E-state index contributed by atoms with van der Waals surface area (Å²) >= 11 is 0. The van der Waals surface area contributed by atoms with Gasteiger partial charge in [0.25, 0.3) is 0 Å². The van der Waals surface area contributed by atoms with Gasteiger partial charge in [-0.25, -0.2) is 4.98 Å². The molecule has 4 aliphatic carbocycles. The van der Waals surface area contributed by atoms with E-state index in [2.05, 4.69) is 24.1 Å². The number of ether oxygens (including phenoxy) is 1. The summed E-state index contributed by atoms with van der Waals surface area (Å²) < 4.78 is 7.18. The van der Waals surface area contributed by atoms with Gasteiger partial charge in [0.2, 0.25) is 11.7 Å². The van der Waals surface area contributed by atoms with Crippen molar-refractivity contribution in [3.63, 3.8) is 0 Å². The van der Waals surface area contributed by atoms with E-state index in [1.54, 1.807) is 12.5 Å². The summed E-state index contributed by atoms with van der Waals surface area (Å²) in [7, 11) is 0. The predicted octanol–water partition coefficient (Wildman–Crippen LogP) is 3.54. The van der Waals surface area contributed by atoms with Gasteiger partial charge in [0.1, 0.15) is 5.60 Å². The van der Waals surface area contributed by atoms with E-state index in [0.717, 1.165) is 51.5 Å². The predicted molar refractivity (Wildman–Crippen MR) is 147 cm³/mol. The molecule has 218 valence electrons. The first-order valence-corrected chi connectivity index (χ1v) is 14.9. The molecule has 0 unspecified atom stereocenters. The van der Waals surface area contributed by atoms with Gasteiger partial charge in [-0.2, -0.15) is 0 Å². The molecule has 9 heteroatoms. The number of rotatable bonds is 10. The largest absolute Gasteiger partial charge is 0.458 e. The number of nitrogens with one attached hydrogen (secondary N) is 1. The number of aryl methyl sites for hydroxylation is 1. The van der Waals surface area contributed by atoms with E-state index in [9.17, 15) is 24.3 Å².